The van der Waals surface area contributed by atoms with E-state index in [4.69, 9.17) is 10.1 Å². The van der Waals surface area contributed by atoms with E-state index >= 15 is 0 Å². The molecule has 1 rings (SSSR count). The van der Waals surface area contributed by atoms with Crippen LogP contribution in [-0.2, 0) is 4.79 Å². The van der Waals surface area contributed by atoms with Crippen molar-refractivity contribution < 1.29 is 9.53 Å². The van der Waals surface area contributed by atoms with Crippen LogP contribution in [0.3, 0.4) is 0 Å². The van der Waals surface area contributed by atoms with Gasteiger partial charge in [0.2, 0.25) is 5.91 Å². The molecular weight excluding hydrogens is 200 g/mol. The molecule has 0 aromatic carbocycles. The van der Waals surface area contributed by atoms with Gasteiger partial charge >= 0.3 is 0 Å². The van der Waals surface area contributed by atoms with Gasteiger partial charge in [0.25, 0.3) is 0 Å². The van der Waals surface area contributed by atoms with Gasteiger partial charge in [0.15, 0.2) is 11.5 Å². The van der Waals surface area contributed by atoms with Crippen molar-refractivity contribution in [1.29, 1.82) is 5.41 Å². The second-order valence-corrected chi connectivity index (χ2v) is 4.04. The zero-order valence-corrected chi connectivity index (χ0v) is 8.85. The maximum absolute atomic E-state index is 11.3. The average molecular weight is 212 g/mol. The molecule has 0 spiro atoms. The van der Waals surface area contributed by atoms with E-state index in [0.29, 0.717) is 5.06 Å². The normalized spacial score (nSPS) is 9.93. The van der Waals surface area contributed by atoms with Crippen molar-refractivity contribution in [3.05, 3.63) is 12.1 Å². The maximum Gasteiger partial charge on any atom is 0.227 e. The van der Waals surface area contributed by atoms with Gasteiger partial charge in [-0.1, -0.05) is 25.2 Å². The largest absolute Gasteiger partial charge is 0.436 e. The fourth-order valence-electron chi connectivity index (χ4n) is 0.775. The summed E-state index contributed by atoms with van der Waals surface area (Å²) in [6.07, 6.45) is 0.861. The highest BCUT2D eigenvalue weighted by Gasteiger charge is 2.08. The number of anilines is 1. The summed E-state index contributed by atoms with van der Waals surface area (Å²) in [6.45, 7) is 3.66. The smallest absolute Gasteiger partial charge is 0.227 e. The molecule has 1 aromatic heterocycles. The SMILES string of the molecule is CC(C)C(=O)Nc1ccc(OC=N)s1. The summed E-state index contributed by atoms with van der Waals surface area (Å²) in [5, 5.41) is 10.8. The summed E-state index contributed by atoms with van der Waals surface area (Å²) < 4.78 is 4.84. The predicted molar refractivity (Wildman–Crippen MR) is 57.2 cm³/mol. The first-order valence-corrected chi connectivity index (χ1v) is 5.01. The van der Waals surface area contributed by atoms with Crippen molar-refractivity contribution in [2.24, 2.45) is 5.92 Å². The molecule has 0 aliphatic rings. The highest BCUT2D eigenvalue weighted by molar-refractivity contribution is 7.18. The average Bonchev–Trinajstić information content (AvgIpc) is 2.53. The number of nitrogens with one attached hydrogen (secondary N) is 2. The van der Waals surface area contributed by atoms with Crippen LogP contribution in [0.15, 0.2) is 12.1 Å². The number of hydrogen-bond acceptors (Lipinski definition) is 4. The molecule has 2 N–H and O–H groups in total. The summed E-state index contributed by atoms with van der Waals surface area (Å²) >= 11 is 1.30. The van der Waals surface area contributed by atoms with E-state index < -0.39 is 0 Å². The number of ether oxygens (including phenoxy) is 1. The molecule has 0 aliphatic carbocycles. The van der Waals surface area contributed by atoms with Crippen LogP contribution < -0.4 is 10.1 Å². The molecule has 14 heavy (non-hydrogen) atoms. The third-order valence-corrected chi connectivity index (χ3v) is 2.42. The van der Waals surface area contributed by atoms with E-state index in [1.54, 1.807) is 12.1 Å². The predicted octanol–water partition coefficient (Wildman–Crippen LogP) is 2.33. The molecular formula is C9H12N2O2S. The van der Waals surface area contributed by atoms with Crippen molar-refractivity contribution in [3.63, 3.8) is 0 Å². The highest BCUT2D eigenvalue weighted by atomic mass is 32.1. The van der Waals surface area contributed by atoms with Crippen LogP contribution >= 0.6 is 11.3 Å². The molecule has 5 heteroatoms. The fraction of sp³-hybridized carbons (Fsp3) is 0.333. The summed E-state index contributed by atoms with van der Waals surface area (Å²) in [5.41, 5.74) is 0. The van der Waals surface area contributed by atoms with E-state index in [1.807, 2.05) is 13.8 Å². The van der Waals surface area contributed by atoms with Crippen molar-refractivity contribution in [2.45, 2.75) is 13.8 Å². The Balaban J connectivity index is 2.59. The molecule has 0 saturated carbocycles. The van der Waals surface area contributed by atoms with Crippen LogP contribution in [0.5, 0.6) is 5.06 Å². The number of carbonyl (C=O) groups is 1. The topological polar surface area (TPSA) is 62.2 Å². The first-order chi connectivity index (χ1) is 6.63. The second kappa shape index (κ2) is 4.76. The number of thiophene rings is 1. The van der Waals surface area contributed by atoms with Crippen LogP contribution in [0.2, 0.25) is 0 Å². The maximum atomic E-state index is 11.3. The van der Waals surface area contributed by atoms with Crippen LogP contribution in [0.4, 0.5) is 5.00 Å². The zero-order chi connectivity index (χ0) is 10.6. The Morgan fingerprint density at radius 3 is 2.93 bits per heavy atom. The first kappa shape index (κ1) is 10.7. The second-order valence-electron chi connectivity index (χ2n) is 3.00. The minimum Gasteiger partial charge on any atom is -0.436 e. The lowest BCUT2D eigenvalue weighted by Crippen LogP contribution is -2.16. The summed E-state index contributed by atoms with van der Waals surface area (Å²) in [4.78, 5) is 11.3. The van der Waals surface area contributed by atoms with Crippen molar-refractivity contribution in [2.75, 3.05) is 5.32 Å². The van der Waals surface area contributed by atoms with Gasteiger partial charge in [-0.05, 0) is 12.1 Å². The third kappa shape index (κ3) is 2.85. The molecule has 0 unspecified atom stereocenters. The molecule has 0 atom stereocenters. The van der Waals surface area contributed by atoms with Crippen LogP contribution in [0.1, 0.15) is 13.8 Å². The van der Waals surface area contributed by atoms with Gasteiger partial charge in [-0.3, -0.25) is 10.2 Å². The van der Waals surface area contributed by atoms with Gasteiger partial charge < -0.3 is 10.1 Å². The van der Waals surface area contributed by atoms with E-state index in [1.165, 1.54) is 11.3 Å². The van der Waals surface area contributed by atoms with E-state index in [-0.39, 0.29) is 11.8 Å². The fourth-order valence-corrected chi connectivity index (χ4v) is 1.51. The molecule has 1 heterocycles. The Bertz CT molecular complexity index is 333. The third-order valence-electron chi connectivity index (χ3n) is 1.53. The standard InChI is InChI=1S/C9H12N2O2S/c1-6(2)9(12)11-7-3-4-8(14-7)13-5-10/h3-6,10H,1-2H3,(H,11,12). The minimum atomic E-state index is -0.0378. The number of amides is 1. The molecule has 0 fully saturated rings. The van der Waals surface area contributed by atoms with Crippen molar-refractivity contribution >= 4 is 28.6 Å². The Hall–Kier alpha value is -1.36. The number of carbonyl (C=O) groups excluding carboxylic acids is 1. The van der Waals surface area contributed by atoms with E-state index in [9.17, 15) is 4.79 Å². The van der Waals surface area contributed by atoms with Crippen LogP contribution in [0.25, 0.3) is 0 Å². The Morgan fingerprint density at radius 2 is 2.36 bits per heavy atom. The summed E-state index contributed by atoms with van der Waals surface area (Å²) in [7, 11) is 0. The Morgan fingerprint density at radius 1 is 1.64 bits per heavy atom. The number of rotatable bonds is 4. The summed E-state index contributed by atoms with van der Waals surface area (Å²) in [5.74, 6) is -0.0579. The van der Waals surface area contributed by atoms with Crippen LogP contribution in [0, 0.1) is 11.3 Å². The first-order valence-electron chi connectivity index (χ1n) is 4.19. The molecule has 0 saturated heterocycles. The molecule has 1 amide bonds. The molecule has 4 nitrogen and oxygen atoms in total. The molecule has 0 radical (unpaired) electrons. The Labute approximate surface area is 86.4 Å². The zero-order valence-electron chi connectivity index (χ0n) is 8.03. The van der Waals surface area contributed by atoms with Gasteiger partial charge in [0.1, 0.15) is 0 Å². The Kier molecular flexibility index (Phi) is 3.64. The molecule has 0 bridgehead atoms. The lowest BCUT2D eigenvalue weighted by molar-refractivity contribution is -0.118. The molecule has 1 aromatic rings. The number of hydrogen-bond donors (Lipinski definition) is 2. The van der Waals surface area contributed by atoms with E-state index in [2.05, 4.69) is 5.32 Å². The lowest BCUT2D eigenvalue weighted by atomic mass is 10.2. The van der Waals surface area contributed by atoms with Crippen LogP contribution in [-0.4, -0.2) is 12.3 Å². The monoisotopic (exact) mass is 212 g/mol. The van der Waals surface area contributed by atoms with Gasteiger partial charge in [-0.2, -0.15) is 0 Å². The van der Waals surface area contributed by atoms with Gasteiger partial charge in [0.05, 0.1) is 5.00 Å². The molecule has 0 aliphatic heterocycles. The van der Waals surface area contributed by atoms with Gasteiger partial charge in [-0.25, -0.2) is 0 Å². The van der Waals surface area contributed by atoms with Gasteiger partial charge in [-0.15, -0.1) is 0 Å². The quantitative estimate of drug-likeness (QED) is 0.594. The van der Waals surface area contributed by atoms with Gasteiger partial charge in [0, 0.05) is 5.92 Å². The lowest BCUT2D eigenvalue weighted by Gasteiger charge is -2.03. The summed E-state index contributed by atoms with van der Waals surface area (Å²) in [6, 6.07) is 3.47. The van der Waals surface area contributed by atoms with Crippen molar-refractivity contribution in [1.82, 2.24) is 0 Å². The minimum absolute atomic E-state index is 0.0201. The molecule has 76 valence electrons. The highest BCUT2D eigenvalue weighted by Crippen LogP contribution is 2.28. The van der Waals surface area contributed by atoms with E-state index in [0.717, 1.165) is 11.4 Å². The van der Waals surface area contributed by atoms with Crippen molar-refractivity contribution in [3.8, 4) is 5.06 Å².